The highest BCUT2D eigenvalue weighted by molar-refractivity contribution is 5.91. The number of amides is 1. The van der Waals surface area contributed by atoms with Crippen molar-refractivity contribution in [1.82, 2.24) is 4.90 Å². The minimum absolute atomic E-state index is 0.0358. The molecule has 0 unspecified atom stereocenters. The van der Waals surface area contributed by atoms with Gasteiger partial charge in [0.2, 0.25) is 5.91 Å². The van der Waals surface area contributed by atoms with E-state index in [0.717, 1.165) is 16.9 Å². The van der Waals surface area contributed by atoms with Gasteiger partial charge in [0, 0.05) is 19.2 Å². The fourth-order valence-electron chi connectivity index (χ4n) is 2.29. The van der Waals surface area contributed by atoms with E-state index in [4.69, 9.17) is 4.74 Å². The zero-order valence-electron chi connectivity index (χ0n) is 14.2. The maximum Gasteiger partial charge on any atom is 0.247 e. The lowest BCUT2D eigenvalue weighted by Gasteiger charge is -2.19. The molecule has 1 amide bonds. The van der Waals surface area contributed by atoms with Gasteiger partial charge in [-0.15, -0.1) is 6.58 Å². The van der Waals surface area contributed by atoms with Gasteiger partial charge in [-0.2, -0.15) is 0 Å². The van der Waals surface area contributed by atoms with Crippen LogP contribution in [-0.2, 0) is 11.3 Å². The number of methoxy groups -OCH3 is 1. The van der Waals surface area contributed by atoms with Crippen LogP contribution in [0.5, 0.6) is 5.75 Å². The van der Waals surface area contributed by atoms with E-state index >= 15 is 0 Å². The Balaban J connectivity index is 2.06. The van der Waals surface area contributed by atoms with Crippen molar-refractivity contribution in [2.75, 3.05) is 13.7 Å². The summed E-state index contributed by atoms with van der Waals surface area (Å²) in [5.41, 5.74) is 3.26. The predicted molar refractivity (Wildman–Crippen MR) is 98.8 cm³/mol. The highest BCUT2D eigenvalue weighted by atomic mass is 16.5. The minimum atomic E-state index is -0.0358. The Bertz CT molecular complexity index is 700. The molecule has 0 saturated carbocycles. The average Bonchev–Trinajstić information content (AvgIpc) is 2.61. The lowest BCUT2D eigenvalue weighted by molar-refractivity contribution is -0.126. The monoisotopic (exact) mass is 321 g/mol. The molecule has 0 aliphatic heterocycles. The molecule has 0 aliphatic carbocycles. The summed E-state index contributed by atoms with van der Waals surface area (Å²) in [6, 6.07) is 15.8. The number of benzene rings is 2. The number of rotatable bonds is 7. The third-order valence-corrected chi connectivity index (χ3v) is 3.69. The first-order valence-corrected chi connectivity index (χ1v) is 7.90. The van der Waals surface area contributed by atoms with Crippen molar-refractivity contribution in [2.45, 2.75) is 13.5 Å². The first-order chi connectivity index (χ1) is 11.6. The number of hydrogen-bond acceptors (Lipinski definition) is 2. The van der Waals surface area contributed by atoms with Crippen molar-refractivity contribution < 1.29 is 9.53 Å². The van der Waals surface area contributed by atoms with E-state index in [1.165, 1.54) is 5.56 Å². The van der Waals surface area contributed by atoms with Gasteiger partial charge in [-0.3, -0.25) is 4.79 Å². The Labute approximate surface area is 143 Å². The molecule has 2 aromatic carbocycles. The summed E-state index contributed by atoms with van der Waals surface area (Å²) >= 11 is 0. The number of ether oxygens (including phenoxy) is 1. The van der Waals surface area contributed by atoms with Crippen molar-refractivity contribution in [3.63, 3.8) is 0 Å². The summed E-state index contributed by atoms with van der Waals surface area (Å²) in [6.45, 7) is 6.82. The molecule has 0 fully saturated rings. The van der Waals surface area contributed by atoms with E-state index in [0.29, 0.717) is 13.1 Å². The normalized spacial score (nSPS) is 10.6. The molecule has 0 bridgehead atoms. The van der Waals surface area contributed by atoms with Crippen LogP contribution in [0.1, 0.15) is 16.7 Å². The van der Waals surface area contributed by atoms with Gasteiger partial charge in [0.15, 0.2) is 0 Å². The van der Waals surface area contributed by atoms with Gasteiger partial charge in [0.1, 0.15) is 5.75 Å². The van der Waals surface area contributed by atoms with Crippen LogP contribution >= 0.6 is 0 Å². The molecule has 2 aromatic rings. The third-order valence-electron chi connectivity index (χ3n) is 3.69. The number of hydrogen-bond donors (Lipinski definition) is 0. The van der Waals surface area contributed by atoms with Gasteiger partial charge in [0.25, 0.3) is 0 Å². The van der Waals surface area contributed by atoms with Crippen molar-refractivity contribution in [3.8, 4) is 5.75 Å². The average molecular weight is 321 g/mol. The predicted octanol–water partition coefficient (Wildman–Crippen LogP) is 4.23. The van der Waals surface area contributed by atoms with Crippen molar-refractivity contribution in [1.29, 1.82) is 0 Å². The number of aryl methyl sites for hydroxylation is 1. The molecule has 0 aromatic heterocycles. The highest BCUT2D eigenvalue weighted by Gasteiger charge is 2.09. The second-order valence-electron chi connectivity index (χ2n) is 5.60. The van der Waals surface area contributed by atoms with Crippen LogP contribution in [0.25, 0.3) is 6.08 Å². The molecule has 2 rings (SSSR count). The molecule has 0 N–H and O–H groups in total. The number of carbonyl (C=O) groups is 1. The van der Waals surface area contributed by atoms with Crippen LogP contribution < -0.4 is 4.74 Å². The highest BCUT2D eigenvalue weighted by Crippen LogP contribution is 2.13. The van der Waals surface area contributed by atoms with Crippen LogP contribution in [0.2, 0.25) is 0 Å². The van der Waals surface area contributed by atoms with E-state index in [9.17, 15) is 4.79 Å². The van der Waals surface area contributed by atoms with Gasteiger partial charge in [0.05, 0.1) is 7.11 Å². The Morgan fingerprint density at radius 1 is 1.12 bits per heavy atom. The second kappa shape index (κ2) is 8.73. The van der Waals surface area contributed by atoms with Crippen LogP contribution in [0.3, 0.4) is 0 Å². The van der Waals surface area contributed by atoms with Gasteiger partial charge >= 0.3 is 0 Å². The summed E-state index contributed by atoms with van der Waals surface area (Å²) in [4.78, 5) is 14.2. The van der Waals surface area contributed by atoms with E-state index in [1.54, 1.807) is 24.2 Å². The lowest BCUT2D eigenvalue weighted by atomic mass is 10.1. The van der Waals surface area contributed by atoms with E-state index in [2.05, 4.69) is 6.58 Å². The maximum atomic E-state index is 12.5. The SMILES string of the molecule is C=CCN(Cc1ccc(OC)cc1)C(=O)/C=C/c1ccc(C)cc1. The Morgan fingerprint density at radius 2 is 1.79 bits per heavy atom. The van der Waals surface area contributed by atoms with Crippen LogP contribution in [0.15, 0.2) is 67.3 Å². The first-order valence-electron chi connectivity index (χ1n) is 7.90. The van der Waals surface area contributed by atoms with Crippen LogP contribution in [0, 0.1) is 6.92 Å². The number of nitrogens with zero attached hydrogens (tertiary/aromatic N) is 1. The number of carbonyl (C=O) groups excluding carboxylic acids is 1. The van der Waals surface area contributed by atoms with Crippen molar-refractivity contribution in [3.05, 3.63) is 84.0 Å². The molecular weight excluding hydrogens is 298 g/mol. The van der Waals surface area contributed by atoms with E-state index in [1.807, 2.05) is 61.5 Å². The molecule has 24 heavy (non-hydrogen) atoms. The molecule has 0 heterocycles. The summed E-state index contributed by atoms with van der Waals surface area (Å²) in [5, 5.41) is 0. The van der Waals surface area contributed by atoms with Gasteiger partial charge in [-0.25, -0.2) is 0 Å². The Morgan fingerprint density at radius 3 is 2.38 bits per heavy atom. The van der Waals surface area contributed by atoms with E-state index < -0.39 is 0 Å². The first kappa shape index (κ1) is 17.5. The van der Waals surface area contributed by atoms with Crippen LogP contribution in [-0.4, -0.2) is 24.5 Å². The zero-order valence-corrected chi connectivity index (χ0v) is 14.2. The summed E-state index contributed by atoms with van der Waals surface area (Å²) in [5.74, 6) is 0.769. The quantitative estimate of drug-likeness (QED) is 0.564. The molecule has 0 spiro atoms. The molecule has 0 saturated heterocycles. The van der Waals surface area contributed by atoms with Gasteiger partial charge in [-0.05, 0) is 36.3 Å². The smallest absolute Gasteiger partial charge is 0.247 e. The summed E-state index contributed by atoms with van der Waals surface area (Å²) in [7, 11) is 1.64. The van der Waals surface area contributed by atoms with Crippen LogP contribution in [0.4, 0.5) is 0 Å². The largest absolute Gasteiger partial charge is 0.497 e. The Kier molecular flexibility index (Phi) is 6.38. The summed E-state index contributed by atoms with van der Waals surface area (Å²) < 4.78 is 5.16. The Hall–Kier alpha value is -2.81. The topological polar surface area (TPSA) is 29.5 Å². The standard InChI is InChI=1S/C21H23NO2/c1-4-15-22(16-19-9-12-20(24-3)13-10-19)21(23)14-11-18-7-5-17(2)6-8-18/h4-14H,1,15-16H2,2-3H3/b14-11+. The van der Waals surface area contributed by atoms with E-state index in [-0.39, 0.29) is 5.91 Å². The van der Waals surface area contributed by atoms with Crippen molar-refractivity contribution in [2.24, 2.45) is 0 Å². The summed E-state index contributed by atoms with van der Waals surface area (Å²) in [6.07, 6.45) is 5.19. The molecule has 0 radical (unpaired) electrons. The molecule has 124 valence electrons. The van der Waals surface area contributed by atoms with Crippen molar-refractivity contribution >= 4 is 12.0 Å². The fourth-order valence-corrected chi connectivity index (χ4v) is 2.29. The lowest BCUT2D eigenvalue weighted by Crippen LogP contribution is -2.29. The minimum Gasteiger partial charge on any atom is -0.497 e. The molecule has 0 aliphatic rings. The molecule has 0 atom stereocenters. The molecular formula is C21H23NO2. The maximum absolute atomic E-state index is 12.5. The molecule has 3 heteroatoms. The third kappa shape index (κ3) is 5.13. The zero-order chi connectivity index (χ0) is 17.4. The molecule has 3 nitrogen and oxygen atoms in total. The van der Waals surface area contributed by atoms with Gasteiger partial charge in [-0.1, -0.05) is 48.0 Å². The fraction of sp³-hybridized carbons (Fsp3) is 0.190. The second-order valence-corrected chi connectivity index (χ2v) is 5.60. The van der Waals surface area contributed by atoms with Gasteiger partial charge < -0.3 is 9.64 Å².